The van der Waals surface area contributed by atoms with Crippen LogP contribution in [0.25, 0.3) is 5.52 Å². The van der Waals surface area contributed by atoms with Crippen LogP contribution in [0.15, 0.2) is 48.7 Å². The number of fused-ring (bicyclic) bond motifs is 1. The fourth-order valence-corrected chi connectivity index (χ4v) is 3.85. The van der Waals surface area contributed by atoms with E-state index < -0.39 is 0 Å². The number of nitrogens with zero attached hydrogens (tertiary/aromatic N) is 3. The number of hydrogen-bond acceptors (Lipinski definition) is 3. The van der Waals surface area contributed by atoms with Crippen molar-refractivity contribution in [3.8, 4) is 0 Å². The minimum atomic E-state index is -0.330. The van der Waals surface area contributed by atoms with Crippen LogP contribution in [-0.4, -0.2) is 39.2 Å². The number of anilines is 1. The number of carbonyl (C=O) groups excluding carboxylic acids is 2. The molecule has 6 heteroatoms. The van der Waals surface area contributed by atoms with Crippen molar-refractivity contribution < 1.29 is 9.59 Å². The van der Waals surface area contributed by atoms with Crippen LogP contribution in [0.2, 0.25) is 0 Å². The zero-order valence-electron chi connectivity index (χ0n) is 17.1. The fourth-order valence-electron chi connectivity index (χ4n) is 3.85. The van der Waals surface area contributed by atoms with Gasteiger partial charge in [0.15, 0.2) is 5.69 Å². The van der Waals surface area contributed by atoms with E-state index in [1.807, 2.05) is 47.4 Å². The topological polar surface area (TPSA) is 66.7 Å². The number of amides is 2. The van der Waals surface area contributed by atoms with E-state index in [0.717, 1.165) is 37.2 Å². The van der Waals surface area contributed by atoms with Gasteiger partial charge in [0, 0.05) is 25.0 Å². The molecule has 1 fully saturated rings. The van der Waals surface area contributed by atoms with Gasteiger partial charge in [0.2, 0.25) is 5.82 Å². The summed E-state index contributed by atoms with van der Waals surface area (Å²) in [5, 5.41) is 3.00. The molecule has 1 N–H and O–H groups in total. The number of hydrogen-bond donors (Lipinski definition) is 1. The third kappa shape index (κ3) is 3.62. The molecule has 1 saturated heterocycles. The highest BCUT2D eigenvalue weighted by molar-refractivity contribution is 6.06. The van der Waals surface area contributed by atoms with Crippen LogP contribution in [-0.2, 0) is 5.41 Å². The van der Waals surface area contributed by atoms with E-state index in [1.54, 1.807) is 10.6 Å². The summed E-state index contributed by atoms with van der Waals surface area (Å²) in [6.45, 7) is 7.80. The van der Waals surface area contributed by atoms with Gasteiger partial charge in [-0.05, 0) is 42.0 Å². The van der Waals surface area contributed by atoms with Gasteiger partial charge in [0.25, 0.3) is 11.8 Å². The van der Waals surface area contributed by atoms with Gasteiger partial charge in [-0.1, -0.05) is 45.0 Å². The standard InChI is InChI=1S/C23H26N4O2/c1-23(2,3)16-10-4-5-11-17(16)24-21(28)20-25-19(18-12-6-7-15-27(18)20)22(29)26-13-8-9-14-26/h4-7,10-12,15H,8-9,13-14H2,1-3H3,(H,24,28). The number of para-hydroxylation sites is 1. The van der Waals surface area contributed by atoms with Crippen molar-refractivity contribution in [1.82, 2.24) is 14.3 Å². The molecule has 0 atom stereocenters. The van der Waals surface area contributed by atoms with Gasteiger partial charge >= 0.3 is 0 Å². The number of rotatable bonds is 3. The zero-order chi connectivity index (χ0) is 20.6. The fraction of sp³-hybridized carbons (Fsp3) is 0.348. The molecule has 1 aliphatic rings. The molecule has 150 valence electrons. The van der Waals surface area contributed by atoms with Gasteiger partial charge in [-0.15, -0.1) is 0 Å². The Balaban J connectivity index is 1.72. The summed E-state index contributed by atoms with van der Waals surface area (Å²) in [6.07, 6.45) is 3.79. The van der Waals surface area contributed by atoms with Crippen molar-refractivity contribution >= 4 is 23.0 Å². The predicted octanol–water partition coefficient (Wildman–Crippen LogP) is 4.12. The van der Waals surface area contributed by atoms with Crippen molar-refractivity contribution in [1.29, 1.82) is 0 Å². The molecular formula is C23H26N4O2. The Kier molecular flexibility index (Phi) is 4.86. The summed E-state index contributed by atoms with van der Waals surface area (Å²) in [4.78, 5) is 32.4. The first-order chi connectivity index (χ1) is 13.9. The molecular weight excluding hydrogens is 364 g/mol. The number of imidazole rings is 1. The summed E-state index contributed by atoms with van der Waals surface area (Å²) >= 11 is 0. The Morgan fingerprint density at radius 2 is 1.69 bits per heavy atom. The van der Waals surface area contributed by atoms with Crippen LogP contribution in [0.4, 0.5) is 5.69 Å². The van der Waals surface area contributed by atoms with Crippen LogP contribution in [0.3, 0.4) is 0 Å². The largest absolute Gasteiger partial charge is 0.337 e. The molecule has 1 aromatic carbocycles. The number of benzene rings is 1. The smallest absolute Gasteiger partial charge is 0.292 e. The van der Waals surface area contributed by atoms with Gasteiger partial charge in [-0.3, -0.25) is 14.0 Å². The molecule has 1 aliphatic heterocycles. The van der Waals surface area contributed by atoms with E-state index in [-0.39, 0.29) is 23.1 Å². The third-order valence-electron chi connectivity index (χ3n) is 5.33. The van der Waals surface area contributed by atoms with Crippen molar-refractivity contribution in [2.75, 3.05) is 18.4 Å². The normalized spacial score (nSPS) is 14.4. The molecule has 0 saturated carbocycles. The van der Waals surface area contributed by atoms with Crippen molar-refractivity contribution in [3.63, 3.8) is 0 Å². The van der Waals surface area contributed by atoms with Crippen LogP contribution in [0.5, 0.6) is 0 Å². The molecule has 29 heavy (non-hydrogen) atoms. The highest BCUT2D eigenvalue weighted by Crippen LogP contribution is 2.29. The summed E-state index contributed by atoms with van der Waals surface area (Å²) in [7, 11) is 0. The molecule has 6 nitrogen and oxygen atoms in total. The lowest BCUT2D eigenvalue weighted by Gasteiger charge is -2.22. The zero-order valence-corrected chi connectivity index (χ0v) is 17.1. The maximum absolute atomic E-state index is 13.1. The van der Waals surface area contributed by atoms with E-state index in [2.05, 4.69) is 31.1 Å². The minimum absolute atomic E-state index is 0.111. The number of carbonyl (C=O) groups is 2. The van der Waals surface area contributed by atoms with Gasteiger partial charge < -0.3 is 10.2 Å². The molecule has 3 heterocycles. The molecule has 0 spiro atoms. The lowest BCUT2D eigenvalue weighted by atomic mass is 9.86. The SMILES string of the molecule is CC(C)(C)c1ccccc1NC(=O)c1nc(C(=O)N2CCCC2)c2ccccn12. The van der Waals surface area contributed by atoms with Crippen molar-refractivity contribution in [3.05, 3.63) is 65.7 Å². The molecule has 3 aromatic rings. The second kappa shape index (κ2) is 7.35. The number of nitrogens with one attached hydrogen (secondary N) is 1. The van der Waals surface area contributed by atoms with E-state index >= 15 is 0 Å². The Morgan fingerprint density at radius 1 is 1.00 bits per heavy atom. The Hall–Kier alpha value is -3.15. The summed E-state index contributed by atoms with van der Waals surface area (Å²) < 4.78 is 1.69. The van der Waals surface area contributed by atoms with Gasteiger partial charge in [0.05, 0.1) is 5.52 Å². The molecule has 0 radical (unpaired) electrons. The lowest BCUT2D eigenvalue weighted by molar-refractivity contribution is 0.0789. The van der Waals surface area contributed by atoms with Gasteiger partial charge in [-0.2, -0.15) is 0 Å². The Morgan fingerprint density at radius 3 is 2.41 bits per heavy atom. The number of pyridine rings is 1. The minimum Gasteiger partial charge on any atom is -0.337 e. The summed E-state index contributed by atoms with van der Waals surface area (Å²) in [5.74, 6) is -0.226. The highest BCUT2D eigenvalue weighted by atomic mass is 16.2. The predicted molar refractivity (Wildman–Crippen MR) is 113 cm³/mol. The number of likely N-dealkylation sites (tertiary alicyclic amines) is 1. The first-order valence-electron chi connectivity index (χ1n) is 10.0. The second-order valence-electron chi connectivity index (χ2n) is 8.49. The average molecular weight is 390 g/mol. The molecule has 0 aliphatic carbocycles. The highest BCUT2D eigenvalue weighted by Gasteiger charge is 2.27. The molecule has 0 unspecified atom stereocenters. The quantitative estimate of drug-likeness (QED) is 0.731. The summed E-state index contributed by atoms with van der Waals surface area (Å²) in [6, 6.07) is 13.3. The summed E-state index contributed by atoms with van der Waals surface area (Å²) in [5.41, 5.74) is 2.67. The molecule has 0 bridgehead atoms. The Bertz CT molecular complexity index is 1070. The first-order valence-corrected chi connectivity index (χ1v) is 10.0. The maximum atomic E-state index is 13.1. The average Bonchev–Trinajstić information content (AvgIpc) is 3.35. The van der Waals surface area contributed by atoms with Crippen LogP contribution in [0, 0.1) is 0 Å². The lowest BCUT2D eigenvalue weighted by Crippen LogP contribution is -2.28. The number of aromatic nitrogens is 2. The third-order valence-corrected chi connectivity index (χ3v) is 5.33. The second-order valence-corrected chi connectivity index (χ2v) is 8.49. The van der Waals surface area contributed by atoms with E-state index in [4.69, 9.17) is 0 Å². The molecule has 4 rings (SSSR count). The monoisotopic (exact) mass is 390 g/mol. The van der Waals surface area contributed by atoms with E-state index in [1.165, 1.54) is 0 Å². The first kappa shape index (κ1) is 19.2. The van der Waals surface area contributed by atoms with Gasteiger partial charge in [-0.25, -0.2) is 4.98 Å². The van der Waals surface area contributed by atoms with Crippen molar-refractivity contribution in [2.45, 2.75) is 39.0 Å². The maximum Gasteiger partial charge on any atom is 0.292 e. The van der Waals surface area contributed by atoms with E-state index in [9.17, 15) is 9.59 Å². The molecule has 2 amide bonds. The van der Waals surface area contributed by atoms with Crippen LogP contribution >= 0.6 is 0 Å². The van der Waals surface area contributed by atoms with E-state index in [0.29, 0.717) is 11.2 Å². The van der Waals surface area contributed by atoms with Crippen molar-refractivity contribution in [2.24, 2.45) is 0 Å². The van der Waals surface area contributed by atoms with Crippen LogP contribution in [0.1, 0.15) is 60.3 Å². The van der Waals surface area contributed by atoms with Crippen LogP contribution < -0.4 is 5.32 Å². The Labute approximate surface area is 170 Å². The molecule has 2 aromatic heterocycles. The van der Waals surface area contributed by atoms with Gasteiger partial charge in [0.1, 0.15) is 0 Å².